The minimum atomic E-state index is -4.33. The molecule has 0 atom stereocenters. The molecule has 0 aliphatic heterocycles. The van der Waals surface area contributed by atoms with Crippen LogP contribution in [0.2, 0.25) is 0 Å². The van der Waals surface area contributed by atoms with E-state index in [2.05, 4.69) is 25.5 Å². The minimum Gasteiger partial charge on any atom is -0.378 e. The first-order valence-corrected chi connectivity index (χ1v) is 6.75. The molecular weight excluding hydrogens is 307 g/mol. The highest BCUT2D eigenvalue weighted by atomic mass is 19.4. The van der Waals surface area contributed by atoms with Gasteiger partial charge in [0.25, 0.3) is 0 Å². The Morgan fingerprint density at radius 1 is 1.00 bits per heavy atom. The van der Waals surface area contributed by atoms with Crippen LogP contribution in [-0.4, -0.2) is 20.2 Å². The van der Waals surface area contributed by atoms with Crippen molar-refractivity contribution in [3.05, 3.63) is 60.2 Å². The van der Waals surface area contributed by atoms with E-state index in [0.717, 1.165) is 17.7 Å². The average molecular weight is 319 g/mol. The molecule has 0 fully saturated rings. The summed E-state index contributed by atoms with van der Waals surface area (Å²) in [6, 6.07) is 8.40. The van der Waals surface area contributed by atoms with E-state index in [1.54, 1.807) is 24.5 Å². The summed E-state index contributed by atoms with van der Waals surface area (Å²) in [5, 5.41) is 9.87. The molecule has 0 unspecified atom stereocenters. The number of hydrogen-bond acceptors (Lipinski definition) is 4. The molecule has 3 aromatic rings. The Hall–Kier alpha value is -2.90. The lowest BCUT2D eigenvalue weighted by molar-refractivity contribution is -0.137. The summed E-state index contributed by atoms with van der Waals surface area (Å²) in [6.07, 6.45) is -1.04. The molecular formula is C15H12F3N5. The normalized spacial score (nSPS) is 11.4. The number of pyridine rings is 1. The van der Waals surface area contributed by atoms with Crippen LogP contribution in [0.25, 0.3) is 11.4 Å². The van der Waals surface area contributed by atoms with Gasteiger partial charge in [0.2, 0.25) is 0 Å². The SMILES string of the molecule is FC(F)(F)c1ccc(NCc2nc(-c3ccncc3)n[nH]2)cc1. The lowest BCUT2D eigenvalue weighted by Crippen LogP contribution is -2.05. The highest BCUT2D eigenvalue weighted by molar-refractivity contribution is 5.53. The van der Waals surface area contributed by atoms with Crippen LogP contribution in [0.5, 0.6) is 0 Å². The fraction of sp³-hybridized carbons (Fsp3) is 0.133. The maximum absolute atomic E-state index is 12.5. The molecule has 0 radical (unpaired) electrons. The summed E-state index contributed by atoms with van der Waals surface area (Å²) in [6.45, 7) is 0.323. The van der Waals surface area contributed by atoms with Crippen molar-refractivity contribution in [2.24, 2.45) is 0 Å². The lowest BCUT2D eigenvalue weighted by Gasteiger charge is -2.08. The number of halogens is 3. The van der Waals surface area contributed by atoms with Crippen molar-refractivity contribution in [1.29, 1.82) is 0 Å². The molecule has 0 aliphatic carbocycles. The molecule has 8 heteroatoms. The van der Waals surface area contributed by atoms with Crippen LogP contribution in [0.1, 0.15) is 11.4 Å². The number of aromatic nitrogens is 4. The van der Waals surface area contributed by atoms with E-state index in [9.17, 15) is 13.2 Å². The molecule has 0 saturated carbocycles. The Kier molecular flexibility index (Phi) is 3.96. The van der Waals surface area contributed by atoms with Gasteiger partial charge < -0.3 is 5.32 Å². The van der Waals surface area contributed by atoms with Crippen molar-refractivity contribution >= 4 is 5.69 Å². The number of hydrogen-bond donors (Lipinski definition) is 2. The third kappa shape index (κ3) is 3.65. The van der Waals surface area contributed by atoms with Crippen LogP contribution in [0, 0.1) is 0 Å². The third-order valence-electron chi connectivity index (χ3n) is 3.14. The van der Waals surface area contributed by atoms with Gasteiger partial charge in [-0.05, 0) is 36.4 Å². The predicted molar refractivity (Wildman–Crippen MR) is 78.4 cm³/mol. The van der Waals surface area contributed by atoms with Crippen molar-refractivity contribution in [3.8, 4) is 11.4 Å². The summed E-state index contributed by atoms with van der Waals surface area (Å²) in [5.74, 6) is 1.12. The number of alkyl halides is 3. The number of nitrogens with zero attached hydrogens (tertiary/aromatic N) is 3. The first kappa shape index (κ1) is 15.0. The van der Waals surface area contributed by atoms with E-state index in [4.69, 9.17) is 0 Å². The van der Waals surface area contributed by atoms with Gasteiger partial charge in [-0.15, -0.1) is 0 Å². The fourth-order valence-electron chi connectivity index (χ4n) is 1.97. The summed E-state index contributed by atoms with van der Waals surface area (Å²) < 4.78 is 37.5. The van der Waals surface area contributed by atoms with Gasteiger partial charge in [-0.25, -0.2) is 4.98 Å². The van der Waals surface area contributed by atoms with E-state index in [0.29, 0.717) is 23.9 Å². The number of H-pyrrole nitrogens is 1. The summed E-state index contributed by atoms with van der Waals surface area (Å²) in [5.41, 5.74) is 0.722. The predicted octanol–water partition coefficient (Wildman–Crippen LogP) is 3.50. The molecule has 2 aromatic heterocycles. The summed E-state index contributed by atoms with van der Waals surface area (Å²) in [4.78, 5) is 8.24. The van der Waals surface area contributed by atoms with E-state index in [1.165, 1.54) is 12.1 Å². The molecule has 2 heterocycles. The van der Waals surface area contributed by atoms with Gasteiger partial charge >= 0.3 is 6.18 Å². The van der Waals surface area contributed by atoms with Crippen molar-refractivity contribution in [1.82, 2.24) is 20.2 Å². The third-order valence-corrected chi connectivity index (χ3v) is 3.14. The van der Waals surface area contributed by atoms with Crippen LogP contribution >= 0.6 is 0 Å². The monoisotopic (exact) mass is 319 g/mol. The van der Waals surface area contributed by atoms with Crippen molar-refractivity contribution < 1.29 is 13.2 Å². The van der Waals surface area contributed by atoms with Crippen LogP contribution in [0.15, 0.2) is 48.8 Å². The number of benzene rings is 1. The molecule has 118 valence electrons. The van der Waals surface area contributed by atoms with E-state index < -0.39 is 11.7 Å². The second-order valence-corrected chi connectivity index (χ2v) is 4.77. The molecule has 0 amide bonds. The molecule has 1 aromatic carbocycles. The Bertz CT molecular complexity index is 766. The standard InChI is InChI=1S/C15H12F3N5/c16-15(17,18)11-1-3-12(4-2-11)20-9-13-21-14(23-22-13)10-5-7-19-8-6-10/h1-8,20H,9H2,(H,21,22,23). The Labute approximate surface area is 129 Å². The van der Waals surface area contributed by atoms with Crippen LogP contribution in [-0.2, 0) is 12.7 Å². The number of anilines is 1. The molecule has 0 aliphatic rings. The number of nitrogens with one attached hydrogen (secondary N) is 2. The molecule has 0 saturated heterocycles. The Morgan fingerprint density at radius 2 is 1.70 bits per heavy atom. The number of rotatable bonds is 4. The largest absolute Gasteiger partial charge is 0.416 e. The quantitative estimate of drug-likeness (QED) is 0.772. The maximum Gasteiger partial charge on any atom is 0.416 e. The van der Waals surface area contributed by atoms with Crippen LogP contribution in [0.3, 0.4) is 0 Å². The van der Waals surface area contributed by atoms with Crippen LogP contribution in [0.4, 0.5) is 18.9 Å². The zero-order valence-corrected chi connectivity index (χ0v) is 11.8. The van der Waals surface area contributed by atoms with Gasteiger partial charge in [0.05, 0.1) is 12.1 Å². The second-order valence-electron chi connectivity index (χ2n) is 4.77. The van der Waals surface area contributed by atoms with Gasteiger partial charge in [-0.1, -0.05) is 0 Å². The lowest BCUT2D eigenvalue weighted by atomic mass is 10.2. The minimum absolute atomic E-state index is 0.323. The maximum atomic E-state index is 12.5. The average Bonchev–Trinajstić information content (AvgIpc) is 3.02. The van der Waals surface area contributed by atoms with Gasteiger partial charge in [0.15, 0.2) is 5.82 Å². The van der Waals surface area contributed by atoms with Crippen molar-refractivity contribution in [2.75, 3.05) is 5.32 Å². The van der Waals surface area contributed by atoms with E-state index in [-0.39, 0.29) is 0 Å². The topological polar surface area (TPSA) is 66.5 Å². The summed E-state index contributed by atoms with van der Waals surface area (Å²) in [7, 11) is 0. The van der Waals surface area contributed by atoms with E-state index >= 15 is 0 Å². The Morgan fingerprint density at radius 3 is 2.35 bits per heavy atom. The first-order valence-electron chi connectivity index (χ1n) is 6.75. The summed E-state index contributed by atoms with van der Waals surface area (Å²) >= 11 is 0. The van der Waals surface area contributed by atoms with Crippen molar-refractivity contribution in [2.45, 2.75) is 12.7 Å². The van der Waals surface area contributed by atoms with Gasteiger partial charge in [0.1, 0.15) is 5.82 Å². The Balaban J connectivity index is 1.64. The molecule has 23 heavy (non-hydrogen) atoms. The zero-order valence-electron chi connectivity index (χ0n) is 11.8. The van der Waals surface area contributed by atoms with Gasteiger partial charge in [0, 0.05) is 23.6 Å². The molecule has 3 rings (SSSR count). The van der Waals surface area contributed by atoms with Gasteiger partial charge in [-0.3, -0.25) is 10.1 Å². The van der Waals surface area contributed by atoms with Gasteiger partial charge in [-0.2, -0.15) is 18.3 Å². The first-order chi connectivity index (χ1) is 11.0. The molecule has 0 bridgehead atoms. The highest BCUT2D eigenvalue weighted by Gasteiger charge is 2.29. The fourth-order valence-corrected chi connectivity index (χ4v) is 1.97. The van der Waals surface area contributed by atoms with E-state index in [1.807, 2.05) is 0 Å². The van der Waals surface area contributed by atoms with Crippen molar-refractivity contribution in [3.63, 3.8) is 0 Å². The zero-order chi connectivity index (χ0) is 16.3. The molecule has 2 N–H and O–H groups in total. The highest BCUT2D eigenvalue weighted by Crippen LogP contribution is 2.29. The smallest absolute Gasteiger partial charge is 0.378 e. The second kappa shape index (κ2) is 6.07. The van der Waals surface area contributed by atoms with Crippen LogP contribution < -0.4 is 5.32 Å². The number of aromatic amines is 1. The molecule has 5 nitrogen and oxygen atoms in total. The molecule has 0 spiro atoms.